The van der Waals surface area contributed by atoms with E-state index in [9.17, 15) is 14.5 Å². The molecule has 1 heterocycles. The molecule has 0 spiro atoms. The number of esters is 1. The third-order valence-electron chi connectivity index (χ3n) is 6.37. The molecule has 1 aliphatic heterocycles. The second-order valence-corrected chi connectivity index (χ2v) is 11.4. The Kier molecular flexibility index (Phi) is 17.2. The quantitative estimate of drug-likeness (QED) is 0.103. The van der Waals surface area contributed by atoms with Crippen molar-refractivity contribution in [1.29, 1.82) is 0 Å². The third-order valence-corrected chi connectivity index (χ3v) is 7.83. The van der Waals surface area contributed by atoms with Crippen molar-refractivity contribution in [3.8, 4) is 0 Å². The van der Waals surface area contributed by atoms with Crippen LogP contribution in [-0.4, -0.2) is 74.8 Å². The number of aliphatic hydroxyl groups excluding tert-OH is 1. The molecule has 1 aromatic carbocycles. The van der Waals surface area contributed by atoms with Crippen LogP contribution in [-0.2, 0) is 37.1 Å². The maximum Gasteiger partial charge on any atom is 0.477 e. The van der Waals surface area contributed by atoms with Crippen LogP contribution in [0, 0.1) is 0 Å². The van der Waals surface area contributed by atoms with Crippen LogP contribution < -0.4 is 0 Å². The van der Waals surface area contributed by atoms with Gasteiger partial charge in [0.05, 0.1) is 25.4 Å². The van der Waals surface area contributed by atoms with E-state index in [4.69, 9.17) is 32.5 Å². The SMILES string of the molecule is CCCCOC1[C@H](OCCCC)C(CO)O[C@H](OP(=O)(OCCCC)OCCCC)[C@@H]1OC(=O)c1ccccc1. The maximum atomic E-state index is 13.8. The highest BCUT2D eigenvalue weighted by Gasteiger charge is 2.52. The molecule has 11 heteroatoms. The van der Waals surface area contributed by atoms with Gasteiger partial charge < -0.3 is 24.1 Å². The molecule has 2 unspecified atom stereocenters. The van der Waals surface area contributed by atoms with E-state index in [-0.39, 0.29) is 13.2 Å². The molecule has 0 aromatic heterocycles. The summed E-state index contributed by atoms with van der Waals surface area (Å²) >= 11 is 0. The van der Waals surface area contributed by atoms with Gasteiger partial charge in [-0.3, -0.25) is 13.6 Å². The van der Waals surface area contributed by atoms with Crippen LogP contribution in [0.5, 0.6) is 0 Å². The average Bonchev–Trinajstić information content (AvgIpc) is 2.96. The smallest absolute Gasteiger partial charge is 0.450 e. The Labute approximate surface area is 239 Å². The summed E-state index contributed by atoms with van der Waals surface area (Å²) < 4.78 is 55.4. The van der Waals surface area contributed by atoms with E-state index in [2.05, 4.69) is 0 Å². The zero-order chi connectivity index (χ0) is 29.2. The van der Waals surface area contributed by atoms with Gasteiger partial charge in [-0.2, -0.15) is 0 Å². The monoisotopic (exact) mass is 588 g/mol. The molecule has 2 rings (SSSR count). The van der Waals surface area contributed by atoms with Crippen LogP contribution >= 0.6 is 7.82 Å². The van der Waals surface area contributed by atoms with Gasteiger partial charge in [0.1, 0.15) is 18.3 Å². The van der Waals surface area contributed by atoms with E-state index in [1.807, 2.05) is 27.7 Å². The zero-order valence-electron chi connectivity index (χ0n) is 24.5. The number of phosphoric acid groups is 1. The minimum absolute atomic E-state index is 0.156. The summed E-state index contributed by atoms with van der Waals surface area (Å²) in [6, 6.07) is 8.52. The van der Waals surface area contributed by atoms with Gasteiger partial charge in [0.25, 0.3) is 0 Å². The summed E-state index contributed by atoms with van der Waals surface area (Å²) in [4.78, 5) is 13.2. The zero-order valence-corrected chi connectivity index (χ0v) is 25.4. The topological polar surface area (TPSA) is 119 Å². The molecule has 10 nitrogen and oxygen atoms in total. The summed E-state index contributed by atoms with van der Waals surface area (Å²) in [6.07, 6.45) is 1.17. The lowest BCUT2D eigenvalue weighted by atomic mass is 9.98. The van der Waals surface area contributed by atoms with E-state index in [0.29, 0.717) is 31.6 Å². The lowest BCUT2D eigenvalue weighted by Crippen LogP contribution is -2.62. The average molecular weight is 589 g/mol. The fourth-order valence-electron chi connectivity index (χ4n) is 3.99. The lowest BCUT2D eigenvalue weighted by molar-refractivity contribution is -0.296. The number of hydrogen-bond donors (Lipinski definition) is 1. The molecular formula is C29H49O10P. The van der Waals surface area contributed by atoms with Gasteiger partial charge in [-0.05, 0) is 37.8 Å². The largest absolute Gasteiger partial charge is 0.477 e. The first kappa shape index (κ1) is 34.8. The highest BCUT2D eigenvalue weighted by atomic mass is 31.2. The molecule has 0 amide bonds. The number of aliphatic hydroxyl groups is 1. The van der Waals surface area contributed by atoms with Gasteiger partial charge in [0.15, 0.2) is 6.10 Å². The molecule has 0 aliphatic carbocycles. The molecule has 1 saturated heterocycles. The maximum absolute atomic E-state index is 13.8. The molecule has 0 saturated carbocycles. The van der Waals surface area contributed by atoms with E-state index in [1.54, 1.807) is 30.3 Å². The fourth-order valence-corrected chi connectivity index (χ4v) is 5.31. The van der Waals surface area contributed by atoms with E-state index in [0.717, 1.165) is 38.5 Å². The van der Waals surface area contributed by atoms with E-state index in [1.165, 1.54) is 0 Å². The second-order valence-electron chi connectivity index (χ2n) is 9.77. The number of carbonyl (C=O) groups excluding carboxylic acids is 1. The first-order valence-electron chi connectivity index (χ1n) is 14.8. The predicted molar refractivity (Wildman–Crippen MR) is 151 cm³/mol. The fraction of sp³-hybridized carbons (Fsp3) is 0.759. The minimum atomic E-state index is -4.14. The molecular weight excluding hydrogens is 539 g/mol. The Morgan fingerprint density at radius 1 is 0.800 bits per heavy atom. The Bertz CT molecular complexity index is 840. The summed E-state index contributed by atoms with van der Waals surface area (Å²) in [5.74, 6) is -0.629. The summed E-state index contributed by atoms with van der Waals surface area (Å²) in [5.41, 5.74) is 0.322. The van der Waals surface area contributed by atoms with Crippen molar-refractivity contribution in [2.45, 2.75) is 110 Å². The molecule has 1 aliphatic rings. The van der Waals surface area contributed by atoms with Gasteiger partial charge in [0, 0.05) is 13.2 Å². The number of phosphoric ester groups is 1. The number of benzene rings is 1. The number of ether oxygens (including phenoxy) is 4. The van der Waals surface area contributed by atoms with Crippen molar-refractivity contribution < 1.29 is 47.0 Å². The highest BCUT2D eigenvalue weighted by molar-refractivity contribution is 7.48. The van der Waals surface area contributed by atoms with Gasteiger partial charge in [-0.1, -0.05) is 71.6 Å². The number of unbranched alkanes of at least 4 members (excludes halogenated alkanes) is 4. The van der Waals surface area contributed by atoms with Crippen molar-refractivity contribution in [2.24, 2.45) is 0 Å². The van der Waals surface area contributed by atoms with Crippen molar-refractivity contribution in [2.75, 3.05) is 33.0 Å². The van der Waals surface area contributed by atoms with Gasteiger partial charge >= 0.3 is 13.8 Å². The Morgan fingerprint density at radius 2 is 1.32 bits per heavy atom. The summed E-state index contributed by atoms with van der Waals surface area (Å²) in [6.45, 7) is 8.71. The van der Waals surface area contributed by atoms with Gasteiger partial charge in [-0.25, -0.2) is 9.36 Å². The number of carbonyl (C=O) groups is 1. The third kappa shape index (κ3) is 11.5. The molecule has 230 valence electrons. The molecule has 0 bridgehead atoms. The molecule has 1 aromatic rings. The predicted octanol–water partition coefficient (Wildman–Crippen LogP) is 6.06. The Hall–Kier alpha value is -1.36. The van der Waals surface area contributed by atoms with Crippen molar-refractivity contribution in [3.05, 3.63) is 35.9 Å². The van der Waals surface area contributed by atoms with Gasteiger partial charge in [0.2, 0.25) is 6.29 Å². The highest BCUT2D eigenvalue weighted by Crippen LogP contribution is 2.52. The molecule has 0 radical (unpaired) electrons. The van der Waals surface area contributed by atoms with Crippen LogP contribution in [0.4, 0.5) is 0 Å². The van der Waals surface area contributed by atoms with Crippen LogP contribution in [0.2, 0.25) is 0 Å². The van der Waals surface area contributed by atoms with Crippen LogP contribution in [0.1, 0.15) is 89.4 Å². The van der Waals surface area contributed by atoms with Crippen LogP contribution in [0.3, 0.4) is 0 Å². The lowest BCUT2D eigenvalue weighted by Gasteiger charge is -2.45. The minimum Gasteiger partial charge on any atom is -0.450 e. The van der Waals surface area contributed by atoms with E-state index >= 15 is 0 Å². The second kappa shape index (κ2) is 19.7. The standard InChI is InChI=1S/C29H49O10P/c1-5-9-18-33-25-24(22-30)37-29(39-40(32,35-20-11-7-3)36-21-12-8-4)27(26(25)34-19-10-6-2)38-28(31)23-16-14-13-15-17-23/h13-17,24-27,29-30H,5-12,18-22H2,1-4H3/t24?,25-,26?,27-,29-/m1/s1. The molecule has 40 heavy (non-hydrogen) atoms. The molecule has 1 N–H and O–H groups in total. The van der Waals surface area contributed by atoms with Crippen molar-refractivity contribution in [3.63, 3.8) is 0 Å². The summed E-state index contributed by atoms with van der Waals surface area (Å²) in [5, 5.41) is 10.3. The molecule has 5 atom stereocenters. The number of hydrogen-bond acceptors (Lipinski definition) is 10. The number of rotatable bonds is 21. The van der Waals surface area contributed by atoms with E-state index < -0.39 is 51.1 Å². The van der Waals surface area contributed by atoms with Crippen LogP contribution in [0.15, 0.2) is 30.3 Å². The summed E-state index contributed by atoms with van der Waals surface area (Å²) in [7, 11) is -4.14. The first-order chi connectivity index (χ1) is 19.4. The first-order valence-corrected chi connectivity index (χ1v) is 16.2. The Morgan fingerprint density at radius 3 is 1.85 bits per heavy atom. The normalized spacial score (nSPS) is 23.3. The Balaban J connectivity index is 2.44. The van der Waals surface area contributed by atoms with Gasteiger partial charge in [-0.15, -0.1) is 0 Å². The van der Waals surface area contributed by atoms with Crippen LogP contribution in [0.25, 0.3) is 0 Å². The molecule has 1 fully saturated rings. The van der Waals surface area contributed by atoms with Crippen molar-refractivity contribution >= 4 is 13.8 Å². The van der Waals surface area contributed by atoms with Crippen molar-refractivity contribution in [1.82, 2.24) is 0 Å².